The van der Waals surface area contributed by atoms with E-state index in [2.05, 4.69) is 15.4 Å². The number of carbonyl (C=O) groups excluding carboxylic acids is 1. The number of aryl methyl sites for hydroxylation is 1. The van der Waals surface area contributed by atoms with Crippen molar-refractivity contribution in [3.63, 3.8) is 0 Å². The summed E-state index contributed by atoms with van der Waals surface area (Å²) in [4.78, 5) is 11.7. The largest absolute Gasteiger partial charge is 0.292 e. The van der Waals surface area contributed by atoms with Gasteiger partial charge in [0.2, 0.25) is 0 Å². The van der Waals surface area contributed by atoms with Crippen LogP contribution in [-0.2, 0) is 6.42 Å². The van der Waals surface area contributed by atoms with Crippen molar-refractivity contribution in [3.8, 4) is 0 Å². The number of Topliss-reactive ketones (excluding diaryl/α,β-unsaturated/α-hetero) is 1. The lowest BCUT2D eigenvalue weighted by atomic mass is 10.1. The van der Waals surface area contributed by atoms with Crippen molar-refractivity contribution in [1.82, 2.24) is 15.4 Å². The van der Waals surface area contributed by atoms with E-state index in [0.29, 0.717) is 12.1 Å². The van der Waals surface area contributed by atoms with Crippen molar-refractivity contribution >= 4 is 5.78 Å². The molecule has 0 bridgehead atoms. The van der Waals surface area contributed by atoms with Crippen LogP contribution in [0.4, 0.5) is 0 Å². The van der Waals surface area contributed by atoms with E-state index in [1.807, 2.05) is 31.2 Å². The first-order chi connectivity index (χ1) is 7.25. The fourth-order valence-corrected chi connectivity index (χ4v) is 1.43. The summed E-state index contributed by atoms with van der Waals surface area (Å²) in [6.45, 7) is 2.00. The highest BCUT2D eigenvalue weighted by Gasteiger charge is 2.09. The Bertz CT molecular complexity index is 462. The maximum Gasteiger partial charge on any atom is 0.189 e. The molecule has 0 aliphatic heterocycles. The van der Waals surface area contributed by atoms with E-state index in [4.69, 9.17) is 0 Å². The third-order valence-corrected chi connectivity index (χ3v) is 2.15. The van der Waals surface area contributed by atoms with Gasteiger partial charge in [0.1, 0.15) is 5.69 Å². The summed E-state index contributed by atoms with van der Waals surface area (Å²) in [6, 6.07) is 7.88. The summed E-state index contributed by atoms with van der Waals surface area (Å²) in [6.07, 6.45) is 1.81. The summed E-state index contributed by atoms with van der Waals surface area (Å²) in [5, 5.41) is 9.78. The van der Waals surface area contributed by atoms with Crippen LogP contribution in [0.2, 0.25) is 0 Å². The molecule has 1 aromatic carbocycles. The minimum atomic E-state index is -0.0191. The maximum absolute atomic E-state index is 11.7. The van der Waals surface area contributed by atoms with E-state index >= 15 is 0 Å². The summed E-state index contributed by atoms with van der Waals surface area (Å²) in [7, 11) is 0. The number of aromatic amines is 1. The first-order valence-corrected chi connectivity index (χ1v) is 4.70. The fraction of sp³-hybridized carbons (Fsp3) is 0.182. The van der Waals surface area contributed by atoms with E-state index in [1.165, 1.54) is 6.20 Å². The molecule has 1 N–H and O–H groups in total. The molecular formula is C11H11N3O. The zero-order valence-electron chi connectivity index (χ0n) is 8.40. The predicted octanol–water partition coefficient (Wildman–Crippen LogP) is 1.54. The second-order valence-corrected chi connectivity index (χ2v) is 3.44. The Morgan fingerprint density at radius 1 is 1.47 bits per heavy atom. The second kappa shape index (κ2) is 4.04. The lowest BCUT2D eigenvalue weighted by Crippen LogP contribution is -2.04. The number of carbonyl (C=O) groups is 1. The highest BCUT2D eigenvalue weighted by atomic mass is 16.1. The third kappa shape index (κ3) is 2.28. The monoisotopic (exact) mass is 201 g/mol. The van der Waals surface area contributed by atoms with Crippen LogP contribution in [0.5, 0.6) is 0 Å². The van der Waals surface area contributed by atoms with E-state index in [0.717, 1.165) is 11.1 Å². The van der Waals surface area contributed by atoms with Gasteiger partial charge < -0.3 is 0 Å². The van der Waals surface area contributed by atoms with E-state index in [1.54, 1.807) is 0 Å². The minimum Gasteiger partial charge on any atom is -0.292 e. The number of nitrogens with zero attached hydrogens (tertiary/aromatic N) is 2. The number of rotatable bonds is 3. The molecule has 1 aromatic heterocycles. The highest BCUT2D eigenvalue weighted by molar-refractivity contribution is 5.95. The highest BCUT2D eigenvalue weighted by Crippen LogP contribution is 2.07. The molecule has 0 saturated carbocycles. The molecule has 0 amide bonds. The number of nitrogens with one attached hydrogen (secondary N) is 1. The van der Waals surface area contributed by atoms with Gasteiger partial charge >= 0.3 is 0 Å². The van der Waals surface area contributed by atoms with Crippen molar-refractivity contribution in [3.05, 3.63) is 47.3 Å². The number of hydrogen-bond donors (Lipinski definition) is 1. The lowest BCUT2D eigenvalue weighted by molar-refractivity contribution is 0.0988. The van der Waals surface area contributed by atoms with Crippen LogP contribution in [0.25, 0.3) is 0 Å². The Hall–Kier alpha value is -1.97. The van der Waals surface area contributed by atoms with Crippen molar-refractivity contribution in [2.75, 3.05) is 0 Å². The van der Waals surface area contributed by atoms with Crippen molar-refractivity contribution in [2.24, 2.45) is 0 Å². The lowest BCUT2D eigenvalue weighted by Gasteiger charge is -1.99. The number of aromatic nitrogens is 3. The SMILES string of the molecule is Cc1cccc(CC(=O)c2cn[nH]n2)c1. The number of benzene rings is 1. The molecule has 0 radical (unpaired) electrons. The quantitative estimate of drug-likeness (QED) is 0.766. The Morgan fingerprint density at radius 3 is 3.00 bits per heavy atom. The zero-order valence-corrected chi connectivity index (χ0v) is 8.40. The maximum atomic E-state index is 11.7. The first kappa shape index (κ1) is 9.58. The smallest absolute Gasteiger partial charge is 0.189 e. The predicted molar refractivity (Wildman–Crippen MR) is 55.6 cm³/mol. The molecule has 2 rings (SSSR count). The Labute approximate surface area is 87.3 Å². The van der Waals surface area contributed by atoms with Crippen molar-refractivity contribution in [1.29, 1.82) is 0 Å². The van der Waals surface area contributed by atoms with Crippen LogP contribution in [0, 0.1) is 6.92 Å². The van der Waals surface area contributed by atoms with Crippen LogP contribution in [0.3, 0.4) is 0 Å². The van der Waals surface area contributed by atoms with Gasteiger partial charge in [0.05, 0.1) is 6.20 Å². The number of H-pyrrole nitrogens is 1. The fourth-order valence-electron chi connectivity index (χ4n) is 1.43. The molecule has 0 unspecified atom stereocenters. The molecule has 0 spiro atoms. The summed E-state index contributed by atoms with van der Waals surface area (Å²) < 4.78 is 0. The first-order valence-electron chi connectivity index (χ1n) is 4.70. The van der Waals surface area contributed by atoms with Gasteiger partial charge in [-0.2, -0.15) is 15.4 Å². The summed E-state index contributed by atoms with van der Waals surface area (Å²) in [5.74, 6) is -0.0191. The Balaban J connectivity index is 2.13. The van der Waals surface area contributed by atoms with Crippen LogP contribution >= 0.6 is 0 Å². The normalized spacial score (nSPS) is 10.2. The molecule has 0 fully saturated rings. The van der Waals surface area contributed by atoms with Gasteiger partial charge in [-0.25, -0.2) is 0 Å². The van der Waals surface area contributed by atoms with Gasteiger partial charge in [-0.15, -0.1) is 0 Å². The summed E-state index contributed by atoms with van der Waals surface area (Å²) in [5.41, 5.74) is 2.54. The molecule has 0 aliphatic carbocycles. The molecule has 0 atom stereocenters. The standard InChI is InChI=1S/C11H11N3O/c1-8-3-2-4-9(5-8)6-11(15)10-7-12-14-13-10/h2-5,7H,6H2,1H3,(H,12,13,14). The topological polar surface area (TPSA) is 58.6 Å². The number of hydrogen-bond acceptors (Lipinski definition) is 3. The van der Waals surface area contributed by atoms with Gasteiger partial charge in [0, 0.05) is 6.42 Å². The van der Waals surface area contributed by atoms with Crippen molar-refractivity contribution in [2.45, 2.75) is 13.3 Å². The van der Waals surface area contributed by atoms with E-state index in [9.17, 15) is 4.79 Å². The average molecular weight is 201 g/mol. The molecule has 0 saturated heterocycles. The number of ketones is 1. The molecule has 4 nitrogen and oxygen atoms in total. The second-order valence-electron chi connectivity index (χ2n) is 3.44. The van der Waals surface area contributed by atoms with Gasteiger partial charge in [0.25, 0.3) is 0 Å². The zero-order chi connectivity index (χ0) is 10.7. The van der Waals surface area contributed by atoms with Gasteiger partial charge in [0.15, 0.2) is 5.78 Å². The minimum absolute atomic E-state index is 0.0191. The van der Waals surface area contributed by atoms with Crippen LogP contribution in [-0.4, -0.2) is 21.2 Å². The van der Waals surface area contributed by atoms with E-state index < -0.39 is 0 Å². The molecular weight excluding hydrogens is 190 g/mol. The molecule has 0 aliphatic rings. The van der Waals surface area contributed by atoms with Gasteiger partial charge in [-0.3, -0.25) is 4.79 Å². The molecule has 15 heavy (non-hydrogen) atoms. The van der Waals surface area contributed by atoms with Crippen molar-refractivity contribution < 1.29 is 4.79 Å². The Morgan fingerprint density at radius 2 is 2.33 bits per heavy atom. The molecule has 1 heterocycles. The third-order valence-electron chi connectivity index (χ3n) is 2.15. The van der Waals surface area contributed by atoms with Crippen LogP contribution in [0.15, 0.2) is 30.5 Å². The van der Waals surface area contributed by atoms with Crippen LogP contribution < -0.4 is 0 Å². The van der Waals surface area contributed by atoms with Gasteiger partial charge in [-0.05, 0) is 12.5 Å². The van der Waals surface area contributed by atoms with Gasteiger partial charge in [-0.1, -0.05) is 29.8 Å². The molecule has 76 valence electrons. The molecule has 4 heteroatoms. The summed E-state index contributed by atoms with van der Waals surface area (Å²) >= 11 is 0. The van der Waals surface area contributed by atoms with Crippen LogP contribution in [0.1, 0.15) is 21.6 Å². The average Bonchev–Trinajstić information content (AvgIpc) is 2.70. The Kier molecular flexibility index (Phi) is 2.58. The van der Waals surface area contributed by atoms with E-state index in [-0.39, 0.29) is 5.78 Å². The molecule has 2 aromatic rings.